The highest BCUT2D eigenvalue weighted by molar-refractivity contribution is 6.31. The fourth-order valence-electron chi connectivity index (χ4n) is 2.98. The van der Waals surface area contributed by atoms with Crippen LogP contribution in [0.25, 0.3) is 0 Å². The molecule has 1 aliphatic rings. The Morgan fingerprint density at radius 3 is 2.60 bits per heavy atom. The highest BCUT2D eigenvalue weighted by Crippen LogP contribution is 2.24. The first kappa shape index (κ1) is 17.5. The molecule has 0 aromatic heterocycles. The molecular weight excluding hydrogens is 342 g/mol. The normalized spacial score (nSPS) is 14.1. The summed E-state index contributed by atoms with van der Waals surface area (Å²) >= 11 is 6.03. The van der Waals surface area contributed by atoms with Crippen LogP contribution in [0.1, 0.15) is 24.8 Å². The summed E-state index contributed by atoms with van der Waals surface area (Å²) in [6.45, 7) is 3.78. The van der Waals surface area contributed by atoms with E-state index in [0.29, 0.717) is 22.1 Å². The van der Waals surface area contributed by atoms with Gasteiger partial charge in [0.1, 0.15) is 11.4 Å². The van der Waals surface area contributed by atoms with Crippen LogP contribution in [0.15, 0.2) is 27.8 Å². The molecule has 132 valence electrons. The predicted molar refractivity (Wildman–Crippen MR) is 101 cm³/mol. The Bertz CT molecular complexity index is 865. The minimum atomic E-state index is -0.493. The molecule has 0 bridgehead atoms. The minimum absolute atomic E-state index is 0.184. The SMILES string of the molecule is Cc1ccc(NC(=O)CCNc2c(N3CCCC3)c(=O)c2=O)cc1Cl. The van der Waals surface area contributed by atoms with E-state index in [4.69, 9.17) is 11.6 Å². The average molecular weight is 362 g/mol. The van der Waals surface area contributed by atoms with Gasteiger partial charge in [0.25, 0.3) is 10.9 Å². The largest absolute Gasteiger partial charge is 0.379 e. The summed E-state index contributed by atoms with van der Waals surface area (Å²) in [6.07, 6.45) is 2.24. The molecule has 25 heavy (non-hydrogen) atoms. The lowest BCUT2D eigenvalue weighted by atomic mass is 10.1. The fraction of sp³-hybridized carbons (Fsp3) is 0.389. The Morgan fingerprint density at radius 2 is 1.92 bits per heavy atom. The van der Waals surface area contributed by atoms with Crippen LogP contribution in [0.3, 0.4) is 0 Å². The average Bonchev–Trinajstić information content (AvgIpc) is 3.10. The van der Waals surface area contributed by atoms with Gasteiger partial charge in [-0.15, -0.1) is 0 Å². The topological polar surface area (TPSA) is 78.5 Å². The van der Waals surface area contributed by atoms with E-state index in [-0.39, 0.29) is 18.9 Å². The van der Waals surface area contributed by atoms with Crippen LogP contribution in [-0.4, -0.2) is 25.5 Å². The van der Waals surface area contributed by atoms with Crippen LogP contribution in [0.2, 0.25) is 5.02 Å². The number of anilines is 3. The van der Waals surface area contributed by atoms with Gasteiger partial charge in [-0.05, 0) is 37.5 Å². The molecule has 1 fully saturated rings. The summed E-state index contributed by atoms with van der Waals surface area (Å²) in [7, 11) is 0. The third-order valence-electron chi connectivity index (χ3n) is 4.42. The fourth-order valence-corrected chi connectivity index (χ4v) is 3.16. The molecule has 1 aliphatic heterocycles. The Kier molecular flexibility index (Phi) is 5.08. The Labute approximate surface area is 150 Å². The number of amides is 1. The number of hydrogen-bond donors (Lipinski definition) is 2. The zero-order valence-corrected chi connectivity index (χ0v) is 14.8. The molecule has 7 heteroatoms. The number of nitrogens with zero attached hydrogens (tertiary/aromatic N) is 1. The maximum Gasteiger partial charge on any atom is 0.253 e. The van der Waals surface area contributed by atoms with Gasteiger partial charge >= 0.3 is 0 Å². The highest BCUT2D eigenvalue weighted by atomic mass is 35.5. The molecule has 2 N–H and O–H groups in total. The summed E-state index contributed by atoms with van der Waals surface area (Å²) in [5.74, 6) is -0.186. The third-order valence-corrected chi connectivity index (χ3v) is 4.82. The van der Waals surface area contributed by atoms with Crippen LogP contribution in [0.4, 0.5) is 17.1 Å². The zero-order valence-electron chi connectivity index (χ0n) is 14.0. The van der Waals surface area contributed by atoms with Crippen LogP contribution >= 0.6 is 11.6 Å². The molecule has 0 atom stereocenters. The summed E-state index contributed by atoms with van der Waals surface area (Å²) in [5, 5.41) is 6.30. The van der Waals surface area contributed by atoms with Crippen LogP contribution in [0, 0.1) is 6.92 Å². The van der Waals surface area contributed by atoms with Gasteiger partial charge in [0.15, 0.2) is 0 Å². The number of aryl methyl sites for hydroxylation is 1. The molecule has 3 rings (SSSR count). The van der Waals surface area contributed by atoms with Gasteiger partial charge in [-0.3, -0.25) is 14.4 Å². The smallest absolute Gasteiger partial charge is 0.253 e. The summed E-state index contributed by atoms with van der Waals surface area (Å²) in [6, 6.07) is 5.32. The van der Waals surface area contributed by atoms with Gasteiger partial charge in [-0.25, -0.2) is 0 Å². The van der Waals surface area contributed by atoms with Crippen molar-refractivity contribution in [3.63, 3.8) is 0 Å². The molecule has 0 aliphatic carbocycles. The van der Waals surface area contributed by atoms with Crippen molar-refractivity contribution in [3.8, 4) is 0 Å². The lowest BCUT2D eigenvalue weighted by Crippen LogP contribution is -2.42. The summed E-state index contributed by atoms with van der Waals surface area (Å²) < 4.78 is 0. The van der Waals surface area contributed by atoms with Gasteiger partial charge in [0.2, 0.25) is 5.91 Å². The molecule has 0 spiro atoms. The van der Waals surface area contributed by atoms with Crippen molar-refractivity contribution in [2.24, 2.45) is 0 Å². The first-order valence-corrected chi connectivity index (χ1v) is 8.73. The molecule has 2 aromatic carbocycles. The maximum atomic E-state index is 12.0. The van der Waals surface area contributed by atoms with Crippen molar-refractivity contribution >= 4 is 34.6 Å². The summed E-state index contributed by atoms with van der Waals surface area (Å²) in [5.41, 5.74) is 1.48. The number of hydrogen-bond acceptors (Lipinski definition) is 5. The lowest BCUT2D eigenvalue weighted by molar-refractivity contribution is -0.115. The maximum absolute atomic E-state index is 12.0. The Morgan fingerprint density at radius 1 is 1.20 bits per heavy atom. The van der Waals surface area contributed by atoms with Crippen molar-refractivity contribution in [2.45, 2.75) is 26.2 Å². The van der Waals surface area contributed by atoms with Gasteiger partial charge in [0.05, 0.1) is 0 Å². The van der Waals surface area contributed by atoms with E-state index in [0.717, 1.165) is 31.5 Å². The van der Waals surface area contributed by atoms with Crippen LogP contribution in [-0.2, 0) is 4.79 Å². The van der Waals surface area contributed by atoms with E-state index >= 15 is 0 Å². The molecule has 0 saturated carbocycles. The van der Waals surface area contributed by atoms with Gasteiger partial charge in [0, 0.05) is 36.8 Å². The third kappa shape index (κ3) is 3.69. The van der Waals surface area contributed by atoms with Gasteiger partial charge < -0.3 is 15.5 Å². The van der Waals surface area contributed by atoms with E-state index in [1.165, 1.54) is 0 Å². The minimum Gasteiger partial charge on any atom is -0.379 e. The quantitative estimate of drug-likeness (QED) is 0.772. The zero-order chi connectivity index (χ0) is 18.0. The molecule has 2 aromatic rings. The first-order chi connectivity index (χ1) is 12.0. The number of benzene rings is 1. The van der Waals surface area contributed by atoms with Crippen molar-refractivity contribution in [1.29, 1.82) is 0 Å². The van der Waals surface area contributed by atoms with Crippen molar-refractivity contribution in [2.75, 3.05) is 35.2 Å². The molecular formula is C18H20ClN3O3. The summed E-state index contributed by atoms with van der Waals surface area (Å²) in [4.78, 5) is 37.5. The molecule has 1 saturated heterocycles. The second-order valence-electron chi connectivity index (χ2n) is 6.26. The molecule has 6 nitrogen and oxygen atoms in total. The predicted octanol–water partition coefficient (Wildman–Crippen LogP) is 2.29. The number of halogens is 1. The molecule has 1 amide bonds. The standard InChI is InChI=1S/C18H20ClN3O3/c1-11-4-5-12(10-13(11)19)21-14(23)6-7-20-15-16(18(25)17(15)24)22-8-2-3-9-22/h4-5,10,20H,2-3,6-9H2,1H3,(H,21,23). The van der Waals surface area contributed by atoms with Gasteiger partial charge in [-0.1, -0.05) is 17.7 Å². The van der Waals surface area contributed by atoms with Gasteiger partial charge in [-0.2, -0.15) is 0 Å². The number of nitrogens with one attached hydrogen (secondary N) is 2. The molecule has 0 unspecified atom stereocenters. The Hall–Kier alpha value is -2.34. The van der Waals surface area contributed by atoms with E-state index in [1.54, 1.807) is 12.1 Å². The monoisotopic (exact) mass is 361 g/mol. The number of carbonyl (C=O) groups excluding carboxylic acids is 1. The molecule has 1 heterocycles. The second-order valence-corrected chi connectivity index (χ2v) is 6.67. The molecule has 0 radical (unpaired) electrons. The number of carbonyl (C=O) groups is 1. The van der Waals surface area contributed by atoms with Crippen LogP contribution in [0.5, 0.6) is 0 Å². The second kappa shape index (κ2) is 7.27. The van der Waals surface area contributed by atoms with E-state index in [1.807, 2.05) is 17.9 Å². The van der Waals surface area contributed by atoms with Crippen LogP contribution < -0.4 is 26.4 Å². The number of rotatable bonds is 6. The van der Waals surface area contributed by atoms with Crippen molar-refractivity contribution < 1.29 is 4.79 Å². The lowest BCUT2D eigenvalue weighted by Gasteiger charge is -2.22. The van der Waals surface area contributed by atoms with Crippen molar-refractivity contribution in [1.82, 2.24) is 0 Å². The van der Waals surface area contributed by atoms with E-state index in [2.05, 4.69) is 10.6 Å². The van der Waals surface area contributed by atoms with Crippen molar-refractivity contribution in [3.05, 3.63) is 49.2 Å². The first-order valence-electron chi connectivity index (χ1n) is 8.35. The Balaban J connectivity index is 1.54. The van der Waals surface area contributed by atoms with E-state index in [9.17, 15) is 14.4 Å². The highest BCUT2D eigenvalue weighted by Gasteiger charge is 2.27. The van der Waals surface area contributed by atoms with E-state index < -0.39 is 10.9 Å².